The summed E-state index contributed by atoms with van der Waals surface area (Å²) in [6, 6.07) is 0. The summed E-state index contributed by atoms with van der Waals surface area (Å²) in [4.78, 5) is 11.2. The van der Waals surface area contributed by atoms with Gasteiger partial charge in [-0.05, 0) is 24.8 Å². The predicted octanol–water partition coefficient (Wildman–Crippen LogP) is 2.21. The molecular formula is C9H14O2. The number of ketones is 1. The average molecular weight is 154 g/mol. The van der Waals surface area contributed by atoms with E-state index in [9.17, 15) is 9.90 Å². The summed E-state index contributed by atoms with van der Waals surface area (Å²) in [7, 11) is 0. The lowest BCUT2D eigenvalue weighted by molar-refractivity contribution is -0.120. The normalized spacial score (nSPS) is 24.9. The lowest BCUT2D eigenvalue weighted by atomic mass is 10.0. The molecule has 1 rings (SSSR count). The monoisotopic (exact) mass is 154 g/mol. The van der Waals surface area contributed by atoms with Gasteiger partial charge in [0, 0.05) is 5.92 Å². The maximum atomic E-state index is 11.2. The molecule has 0 radical (unpaired) electrons. The molecule has 11 heavy (non-hydrogen) atoms. The number of carbonyl (C=O) groups excluding carboxylic acids is 1. The van der Waals surface area contributed by atoms with Gasteiger partial charge in [-0.1, -0.05) is 13.8 Å². The lowest BCUT2D eigenvalue weighted by Gasteiger charge is -2.01. The highest BCUT2D eigenvalue weighted by molar-refractivity contribution is 5.98. The maximum Gasteiger partial charge on any atom is 0.200 e. The fourth-order valence-corrected chi connectivity index (χ4v) is 1.50. The van der Waals surface area contributed by atoms with E-state index in [-0.39, 0.29) is 17.5 Å². The Labute approximate surface area is 66.9 Å². The molecule has 2 nitrogen and oxygen atoms in total. The van der Waals surface area contributed by atoms with E-state index in [1.807, 2.05) is 13.8 Å². The van der Waals surface area contributed by atoms with Gasteiger partial charge in [0.05, 0.1) is 0 Å². The third kappa shape index (κ3) is 1.30. The van der Waals surface area contributed by atoms with Gasteiger partial charge in [0.1, 0.15) is 0 Å². The number of carbonyl (C=O) groups is 1. The lowest BCUT2D eigenvalue weighted by Crippen LogP contribution is -2.08. The van der Waals surface area contributed by atoms with Crippen LogP contribution in [0.3, 0.4) is 0 Å². The summed E-state index contributed by atoms with van der Waals surface area (Å²) in [6.45, 7) is 3.95. The van der Waals surface area contributed by atoms with Crippen LogP contribution in [0, 0.1) is 5.92 Å². The summed E-state index contributed by atoms with van der Waals surface area (Å²) < 4.78 is 0. The van der Waals surface area contributed by atoms with Gasteiger partial charge in [-0.15, -0.1) is 0 Å². The van der Waals surface area contributed by atoms with Crippen LogP contribution in [0.25, 0.3) is 0 Å². The molecule has 0 saturated heterocycles. The van der Waals surface area contributed by atoms with E-state index in [0.29, 0.717) is 0 Å². The SMILES string of the molecule is CCC1=C(O)C(=O)C(CC)C1. The molecule has 0 aromatic rings. The first-order chi connectivity index (χ1) is 5.20. The van der Waals surface area contributed by atoms with Crippen LogP contribution in [-0.2, 0) is 4.79 Å². The fourth-order valence-electron chi connectivity index (χ4n) is 1.50. The second-order valence-corrected chi connectivity index (χ2v) is 2.98. The molecule has 62 valence electrons. The van der Waals surface area contributed by atoms with Crippen LogP contribution < -0.4 is 0 Å². The zero-order valence-electron chi connectivity index (χ0n) is 7.05. The molecule has 1 aliphatic rings. The van der Waals surface area contributed by atoms with Crippen molar-refractivity contribution < 1.29 is 9.90 Å². The van der Waals surface area contributed by atoms with Gasteiger partial charge in [0.15, 0.2) is 11.5 Å². The van der Waals surface area contributed by atoms with E-state index in [4.69, 9.17) is 0 Å². The second kappa shape index (κ2) is 3.07. The Morgan fingerprint density at radius 2 is 2.18 bits per heavy atom. The van der Waals surface area contributed by atoms with Crippen LogP contribution in [0.15, 0.2) is 11.3 Å². The van der Waals surface area contributed by atoms with Crippen molar-refractivity contribution in [2.24, 2.45) is 5.92 Å². The van der Waals surface area contributed by atoms with Crippen LogP contribution in [0.5, 0.6) is 0 Å². The van der Waals surface area contributed by atoms with Crippen LogP contribution in [0.2, 0.25) is 0 Å². The largest absolute Gasteiger partial charge is 0.504 e. The highest BCUT2D eigenvalue weighted by atomic mass is 16.3. The zero-order chi connectivity index (χ0) is 8.43. The number of aliphatic hydroxyl groups excluding tert-OH is 1. The molecule has 0 fully saturated rings. The van der Waals surface area contributed by atoms with Crippen molar-refractivity contribution in [3.8, 4) is 0 Å². The van der Waals surface area contributed by atoms with Gasteiger partial charge < -0.3 is 5.11 Å². The third-order valence-corrected chi connectivity index (χ3v) is 2.35. The van der Waals surface area contributed by atoms with E-state index >= 15 is 0 Å². The Bertz CT molecular complexity index is 204. The number of rotatable bonds is 2. The van der Waals surface area contributed by atoms with Gasteiger partial charge >= 0.3 is 0 Å². The molecule has 0 heterocycles. The Morgan fingerprint density at radius 1 is 1.55 bits per heavy atom. The van der Waals surface area contributed by atoms with Gasteiger partial charge in [0.25, 0.3) is 0 Å². The predicted molar refractivity (Wildman–Crippen MR) is 43.4 cm³/mol. The Hall–Kier alpha value is -0.790. The highest BCUT2D eigenvalue weighted by Crippen LogP contribution is 2.30. The van der Waals surface area contributed by atoms with Gasteiger partial charge in [0.2, 0.25) is 0 Å². The van der Waals surface area contributed by atoms with E-state index in [1.165, 1.54) is 0 Å². The molecule has 0 spiro atoms. The smallest absolute Gasteiger partial charge is 0.200 e. The van der Waals surface area contributed by atoms with E-state index < -0.39 is 0 Å². The molecule has 1 N–H and O–H groups in total. The molecule has 0 saturated carbocycles. The number of hydrogen-bond donors (Lipinski definition) is 1. The molecular weight excluding hydrogens is 140 g/mol. The van der Waals surface area contributed by atoms with Crippen molar-refractivity contribution in [1.29, 1.82) is 0 Å². The van der Waals surface area contributed by atoms with Gasteiger partial charge in [-0.2, -0.15) is 0 Å². The quantitative estimate of drug-likeness (QED) is 0.662. The first-order valence-electron chi connectivity index (χ1n) is 4.15. The van der Waals surface area contributed by atoms with Crippen molar-refractivity contribution in [3.05, 3.63) is 11.3 Å². The average Bonchev–Trinajstić information content (AvgIpc) is 2.30. The number of allylic oxidation sites excluding steroid dienone is 2. The number of aliphatic hydroxyl groups is 1. The standard InChI is InChI=1S/C9H14O2/c1-3-6-5-7(4-2)9(11)8(6)10/h6,11H,3-5H2,1-2H3. The molecule has 0 amide bonds. The molecule has 0 bridgehead atoms. The Morgan fingerprint density at radius 3 is 2.45 bits per heavy atom. The second-order valence-electron chi connectivity index (χ2n) is 2.98. The van der Waals surface area contributed by atoms with Crippen molar-refractivity contribution in [2.45, 2.75) is 33.1 Å². The molecule has 0 aromatic heterocycles. The molecule has 0 aromatic carbocycles. The molecule has 0 aliphatic heterocycles. The summed E-state index contributed by atoms with van der Waals surface area (Å²) in [5, 5.41) is 9.29. The minimum atomic E-state index is -0.0515. The van der Waals surface area contributed by atoms with E-state index in [2.05, 4.69) is 0 Å². The first kappa shape index (κ1) is 8.31. The number of Topliss-reactive ketones (excluding diaryl/α,β-unsaturated/α-hetero) is 1. The summed E-state index contributed by atoms with van der Waals surface area (Å²) in [6.07, 6.45) is 2.41. The van der Waals surface area contributed by atoms with Crippen LogP contribution >= 0.6 is 0 Å². The van der Waals surface area contributed by atoms with Crippen molar-refractivity contribution in [1.82, 2.24) is 0 Å². The molecule has 2 heteroatoms. The van der Waals surface area contributed by atoms with E-state index in [0.717, 1.165) is 24.8 Å². The van der Waals surface area contributed by atoms with Crippen LogP contribution in [-0.4, -0.2) is 10.9 Å². The Kier molecular flexibility index (Phi) is 2.32. The summed E-state index contributed by atoms with van der Waals surface area (Å²) >= 11 is 0. The summed E-state index contributed by atoms with van der Waals surface area (Å²) in [5.41, 5.74) is 0.932. The van der Waals surface area contributed by atoms with Crippen LogP contribution in [0.1, 0.15) is 33.1 Å². The van der Waals surface area contributed by atoms with Crippen molar-refractivity contribution >= 4 is 5.78 Å². The van der Waals surface area contributed by atoms with Gasteiger partial charge in [-0.25, -0.2) is 0 Å². The Balaban J connectivity index is 2.77. The fraction of sp³-hybridized carbons (Fsp3) is 0.667. The first-order valence-corrected chi connectivity index (χ1v) is 4.15. The summed E-state index contributed by atoms with van der Waals surface area (Å²) in [5.74, 6) is 0.0497. The van der Waals surface area contributed by atoms with Crippen molar-refractivity contribution in [2.75, 3.05) is 0 Å². The molecule has 1 aliphatic carbocycles. The third-order valence-electron chi connectivity index (χ3n) is 2.35. The number of hydrogen-bond acceptors (Lipinski definition) is 2. The minimum absolute atomic E-state index is 0.0411. The van der Waals surface area contributed by atoms with Gasteiger partial charge in [-0.3, -0.25) is 4.79 Å². The molecule has 1 atom stereocenters. The highest BCUT2D eigenvalue weighted by Gasteiger charge is 2.30. The van der Waals surface area contributed by atoms with E-state index in [1.54, 1.807) is 0 Å². The van der Waals surface area contributed by atoms with Crippen LogP contribution in [0.4, 0.5) is 0 Å². The minimum Gasteiger partial charge on any atom is -0.504 e. The topological polar surface area (TPSA) is 37.3 Å². The van der Waals surface area contributed by atoms with Crippen molar-refractivity contribution in [3.63, 3.8) is 0 Å². The molecule has 1 unspecified atom stereocenters. The zero-order valence-corrected chi connectivity index (χ0v) is 7.05. The maximum absolute atomic E-state index is 11.2.